The topological polar surface area (TPSA) is 133 Å². The van der Waals surface area contributed by atoms with Crippen molar-refractivity contribution in [3.63, 3.8) is 0 Å². The number of hydrogen-bond donors (Lipinski definition) is 1. The van der Waals surface area contributed by atoms with Crippen molar-refractivity contribution in [3.05, 3.63) is 11.8 Å². The number of hydrogen-bond acceptors (Lipinski definition) is 9. The first-order valence-electron chi connectivity index (χ1n) is 8.08. The van der Waals surface area contributed by atoms with E-state index in [2.05, 4.69) is 9.97 Å². The van der Waals surface area contributed by atoms with Crippen molar-refractivity contribution in [2.24, 2.45) is 0 Å². The van der Waals surface area contributed by atoms with Crippen LogP contribution in [0.5, 0.6) is 0 Å². The highest BCUT2D eigenvalue weighted by Crippen LogP contribution is 2.25. The van der Waals surface area contributed by atoms with E-state index in [1.807, 2.05) is 0 Å². The number of carbonyl (C=O) groups is 2. The van der Waals surface area contributed by atoms with Gasteiger partial charge < -0.3 is 15.4 Å². The highest BCUT2D eigenvalue weighted by atomic mass is 32.2. The molecule has 2 heterocycles. The highest BCUT2D eigenvalue weighted by Gasteiger charge is 2.34. The lowest BCUT2D eigenvalue weighted by atomic mass is 10.2. The lowest BCUT2D eigenvalue weighted by Gasteiger charge is -2.26. The molecule has 0 aromatic carbocycles. The van der Waals surface area contributed by atoms with Crippen molar-refractivity contribution in [2.75, 3.05) is 30.9 Å². The summed E-state index contributed by atoms with van der Waals surface area (Å²) in [5.41, 5.74) is 5.84. The second-order valence-electron chi connectivity index (χ2n) is 5.94. The molecule has 144 valence electrons. The number of ether oxygens (including phenoxy) is 1. The Morgan fingerprint density at radius 1 is 1.50 bits per heavy atom. The van der Waals surface area contributed by atoms with Crippen molar-refractivity contribution in [1.82, 2.24) is 14.9 Å². The molecule has 9 nitrogen and oxygen atoms in total. The average molecular weight is 402 g/mol. The van der Waals surface area contributed by atoms with E-state index in [1.165, 1.54) is 11.1 Å². The monoisotopic (exact) mass is 402 g/mol. The van der Waals surface area contributed by atoms with Crippen LogP contribution in [-0.2, 0) is 19.4 Å². The third kappa shape index (κ3) is 4.85. The van der Waals surface area contributed by atoms with Gasteiger partial charge in [-0.05, 0) is 20.3 Å². The van der Waals surface area contributed by atoms with Gasteiger partial charge in [-0.25, -0.2) is 23.2 Å². The van der Waals surface area contributed by atoms with Crippen LogP contribution in [0.1, 0.15) is 30.6 Å². The Bertz CT molecular complexity index is 799. The second-order valence-corrected chi connectivity index (χ2v) is 9.47. The molecule has 0 unspecified atom stereocenters. The predicted molar refractivity (Wildman–Crippen MR) is 97.5 cm³/mol. The molecule has 1 aromatic rings. The summed E-state index contributed by atoms with van der Waals surface area (Å²) in [5, 5.41) is -0.278. The van der Waals surface area contributed by atoms with Crippen LogP contribution >= 0.6 is 11.8 Å². The van der Waals surface area contributed by atoms with E-state index in [0.717, 1.165) is 11.8 Å². The Kier molecular flexibility index (Phi) is 6.45. The van der Waals surface area contributed by atoms with E-state index in [-0.39, 0.29) is 46.6 Å². The molecule has 1 aromatic heterocycles. The normalized spacial score (nSPS) is 19.7. The molecule has 0 radical (unpaired) electrons. The number of thioether (sulfide) groups is 1. The van der Waals surface area contributed by atoms with Crippen LogP contribution in [0.25, 0.3) is 0 Å². The molecule has 2 atom stereocenters. The zero-order chi connectivity index (χ0) is 19.5. The van der Waals surface area contributed by atoms with Gasteiger partial charge in [-0.2, -0.15) is 0 Å². The molecular weight excluding hydrogens is 380 g/mol. The Hall–Kier alpha value is -1.88. The van der Waals surface area contributed by atoms with E-state index in [9.17, 15) is 18.0 Å². The molecule has 1 amide bonds. The number of anilines is 1. The predicted octanol–water partition coefficient (Wildman–Crippen LogP) is 0.362. The highest BCUT2D eigenvalue weighted by molar-refractivity contribution is 8.00. The zero-order valence-corrected chi connectivity index (χ0v) is 16.5. The smallest absolute Gasteiger partial charge is 0.343 e. The van der Waals surface area contributed by atoms with Gasteiger partial charge in [-0.15, -0.1) is 0 Å². The van der Waals surface area contributed by atoms with E-state index < -0.39 is 21.1 Å². The fraction of sp³-hybridized carbons (Fsp3) is 0.600. The molecule has 0 spiro atoms. The lowest BCUT2D eigenvalue weighted by Crippen LogP contribution is -2.41. The van der Waals surface area contributed by atoms with Gasteiger partial charge in [0.05, 0.1) is 23.4 Å². The summed E-state index contributed by atoms with van der Waals surface area (Å²) in [6.07, 6.45) is 1.72. The molecule has 1 aliphatic rings. The molecular formula is C15H22N4O5S2. The van der Waals surface area contributed by atoms with Gasteiger partial charge in [-0.3, -0.25) is 4.79 Å². The fourth-order valence-electron chi connectivity index (χ4n) is 2.56. The number of nitrogens with two attached hydrogens (primary N) is 1. The van der Waals surface area contributed by atoms with Crippen molar-refractivity contribution >= 4 is 39.3 Å². The lowest BCUT2D eigenvalue weighted by molar-refractivity contribution is -0.130. The number of rotatable bonds is 6. The number of sulfone groups is 1. The van der Waals surface area contributed by atoms with Crippen LogP contribution in [0.4, 0.5) is 5.82 Å². The fourth-order valence-corrected chi connectivity index (χ4v) is 5.18. The third-order valence-corrected chi connectivity index (χ3v) is 6.74. The van der Waals surface area contributed by atoms with Crippen LogP contribution in [0.15, 0.2) is 11.4 Å². The van der Waals surface area contributed by atoms with Crippen LogP contribution in [-0.4, -0.2) is 71.6 Å². The first-order valence-corrected chi connectivity index (χ1v) is 10.8. The minimum Gasteiger partial charge on any atom is -0.462 e. The Morgan fingerprint density at radius 2 is 2.19 bits per heavy atom. The molecule has 0 bridgehead atoms. The van der Waals surface area contributed by atoms with Crippen LogP contribution < -0.4 is 5.73 Å². The van der Waals surface area contributed by atoms with Gasteiger partial charge >= 0.3 is 5.97 Å². The summed E-state index contributed by atoms with van der Waals surface area (Å²) < 4.78 is 28.0. The maximum absolute atomic E-state index is 12.5. The van der Waals surface area contributed by atoms with Crippen LogP contribution in [0.2, 0.25) is 0 Å². The van der Waals surface area contributed by atoms with Crippen molar-refractivity contribution in [1.29, 1.82) is 0 Å². The van der Waals surface area contributed by atoms with E-state index in [1.54, 1.807) is 20.9 Å². The Labute approximate surface area is 156 Å². The van der Waals surface area contributed by atoms with Gasteiger partial charge in [0, 0.05) is 19.3 Å². The number of nitrogen functional groups attached to an aromatic ring is 1. The van der Waals surface area contributed by atoms with Crippen molar-refractivity contribution in [3.8, 4) is 0 Å². The number of esters is 1. The molecule has 1 fully saturated rings. The molecule has 1 saturated heterocycles. The summed E-state index contributed by atoms with van der Waals surface area (Å²) in [6, 6.07) is -0.312. The number of aromatic nitrogens is 2. The molecule has 0 saturated carbocycles. The summed E-state index contributed by atoms with van der Waals surface area (Å²) in [5.74, 6) is -0.742. The van der Waals surface area contributed by atoms with Crippen molar-refractivity contribution < 1.29 is 22.7 Å². The van der Waals surface area contributed by atoms with Crippen molar-refractivity contribution in [2.45, 2.75) is 36.7 Å². The first-order chi connectivity index (χ1) is 12.1. The first kappa shape index (κ1) is 20.4. The van der Waals surface area contributed by atoms with Gasteiger partial charge in [0.15, 0.2) is 15.0 Å². The van der Waals surface area contributed by atoms with E-state index in [0.29, 0.717) is 6.42 Å². The van der Waals surface area contributed by atoms with Crippen LogP contribution in [0, 0.1) is 0 Å². The maximum atomic E-state index is 12.5. The second kappa shape index (κ2) is 8.21. The minimum absolute atomic E-state index is 0.00961. The maximum Gasteiger partial charge on any atom is 0.343 e. The SMILES string of the molecule is CCOC(=O)c1cnc(S[C@H](C)C(=O)N(C)[C@H]2CCS(=O)(=O)C2)nc1N. The third-order valence-electron chi connectivity index (χ3n) is 4.03. The zero-order valence-electron chi connectivity index (χ0n) is 14.8. The van der Waals surface area contributed by atoms with Gasteiger partial charge in [0.25, 0.3) is 0 Å². The summed E-state index contributed by atoms with van der Waals surface area (Å²) >= 11 is 1.09. The molecule has 11 heteroatoms. The van der Waals surface area contributed by atoms with Gasteiger partial charge in [-0.1, -0.05) is 11.8 Å². The number of nitrogens with zero attached hydrogens (tertiary/aromatic N) is 3. The standard InChI is InChI=1S/C15H22N4O5S2/c1-4-24-14(21)11-7-17-15(18-12(11)16)25-9(2)13(20)19(3)10-5-6-26(22,23)8-10/h7,9-10H,4-6,8H2,1-3H3,(H2,16,17,18)/t9-,10+/m1/s1. The summed E-state index contributed by atoms with van der Waals surface area (Å²) in [6.45, 7) is 3.58. The minimum atomic E-state index is -3.07. The van der Waals surface area contributed by atoms with E-state index >= 15 is 0 Å². The summed E-state index contributed by atoms with van der Waals surface area (Å²) in [4.78, 5) is 33.8. The van der Waals surface area contributed by atoms with Gasteiger partial charge in [0.2, 0.25) is 5.91 Å². The quantitative estimate of drug-likeness (QED) is 0.407. The summed E-state index contributed by atoms with van der Waals surface area (Å²) in [7, 11) is -1.47. The largest absolute Gasteiger partial charge is 0.462 e. The molecule has 26 heavy (non-hydrogen) atoms. The van der Waals surface area contributed by atoms with Crippen LogP contribution in [0.3, 0.4) is 0 Å². The molecule has 2 rings (SSSR count). The Morgan fingerprint density at radius 3 is 2.73 bits per heavy atom. The van der Waals surface area contributed by atoms with E-state index in [4.69, 9.17) is 10.5 Å². The molecule has 2 N–H and O–H groups in total. The molecule has 1 aliphatic heterocycles. The van der Waals surface area contributed by atoms with Gasteiger partial charge in [0.1, 0.15) is 11.4 Å². The number of carbonyl (C=O) groups excluding carboxylic acids is 2. The Balaban J connectivity index is 2.02. The average Bonchev–Trinajstić information content (AvgIpc) is 2.93. The number of amides is 1. The molecule has 0 aliphatic carbocycles.